The molecule has 0 amide bonds. The molecular weight excluding hydrogens is 275 g/mol. The molecule has 0 saturated heterocycles. The van der Waals surface area contributed by atoms with Crippen molar-refractivity contribution in [2.24, 2.45) is 11.8 Å². The first-order valence-electron chi connectivity index (χ1n) is 7.80. The van der Waals surface area contributed by atoms with Gasteiger partial charge in [0.1, 0.15) is 0 Å². The molecule has 4 heteroatoms. The SMILES string of the molecule is CC(C)C1CCCC(Nc2cccc(C(F)(F)F)c2)CC1. The smallest absolute Gasteiger partial charge is 0.382 e. The molecular formula is C17H24F3N. The second-order valence-electron chi connectivity index (χ2n) is 6.43. The van der Waals surface area contributed by atoms with Crippen LogP contribution in [0, 0.1) is 11.8 Å². The van der Waals surface area contributed by atoms with Crippen molar-refractivity contribution >= 4 is 5.69 Å². The van der Waals surface area contributed by atoms with E-state index in [1.165, 1.54) is 18.6 Å². The highest BCUT2D eigenvalue weighted by Gasteiger charge is 2.30. The standard InChI is InChI=1S/C17H24F3N/c1-12(2)13-5-3-7-15(10-9-13)21-16-8-4-6-14(11-16)17(18,19)20/h4,6,8,11-13,15,21H,3,5,7,9-10H2,1-2H3. The number of nitrogens with one attached hydrogen (secondary N) is 1. The van der Waals surface area contributed by atoms with Crippen molar-refractivity contribution < 1.29 is 13.2 Å². The zero-order valence-electron chi connectivity index (χ0n) is 12.7. The van der Waals surface area contributed by atoms with Crippen LogP contribution in [-0.4, -0.2) is 6.04 Å². The first-order valence-corrected chi connectivity index (χ1v) is 7.80. The molecule has 1 fully saturated rings. The van der Waals surface area contributed by atoms with Crippen LogP contribution in [0.15, 0.2) is 24.3 Å². The van der Waals surface area contributed by atoms with Gasteiger partial charge < -0.3 is 5.32 Å². The van der Waals surface area contributed by atoms with E-state index < -0.39 is 11.7 Å². The molecule has 1 aromatic carbocycles. The molecule has 2 atom stereocenters. The van der Waals surface area contributed by atoms with E-state index in [9.17, 15) is 13.2 Å². The summed E-state index contributed by atoms with van der Waals surface area (Å²) in [6.07, 6.45) is 1.36. The number of rotatable bonds is 3. The summed E-state index contributed by atoms with van der Waals surface area (Å²) < 4.78 is 38.2. The molecule has 0 heterocycles. The molecule has 1 aliphatic carbocycles. The lowest BCUT2D eigenvalue weighted by atomic mass is 9.89. The van der Waals surface area contributed by atoms with Crippen LogP contribution < -0.4 is 5.32 Å². The molecule has 2 unspecified atom stereocenters. The van der Waals surface area contributed by atoms with Crippen molar-refractivity contribution in [3.8, 4) is 0 Å². The topological polar surface area (TPSA) is 12.0 Å². The Kier molecular flexibility index (Phi) is 5.17. The van der Waals surface area contributed by atoms with Crippen LogP contribution >= 0.6 is 0 Å². The average molecular weight is 299 g/mol. The van der Waals surface area contributed by atoms with Gasteiger partial charge in [-0.25, -0.2) is 0 Å². The third-order valence-corrected chi connectivity index (χ3v) is 4.52. The zero-order chi connectivity index (χ0) is 15.5. The molecule has 0 aromatic heterocycles. The fourth-order valence-corrected chi connectivity index (χ4v) is 3.16. The molecule has 0 radical (unpaired) electrons. The highest BCUT2D eigenvalue weighted by molar-refractivity contribution is 5.47. The summed E-state index contributed by atoms with van der Waals surface area (Å²) in [5, 5.41) is 3.29. The highest BCUT2D eigenvalue weighted by Crippen LogP contribution is 2.33. The van der Waals surface area contributed by atoms with Gasteiger partial charge in [0.15, 0.2) is 0 Å². The van der Waals surface area contributed by atoms with E-state index in [0.717, 1.165) is 37.7 Å². The summed E-state index contributed by atoms with van der Waals surface area (Å²) in [6, 6.07) is 5.81. The van der Waals surface area contributed by atoms with E-state index in [1.807, 2.05) is 0 Å². The Balaban J connectivity index is 1.99. The second kappa shape index (κ2) is 6.71. The van der Waals surface area contributed by atoms with Crippen molar-refractivity contribution in [3.63, 3.8) is 0 Å². The van der Waals surface area contributed by atoms with E-state index in [1.54, 1.807) is 6.07 Å². The van der Waals surface area contributed by atoms with Crippen LogP contribution in [0.5, 0.6) is 0 Å². The van der Waals surface area contributed by atoms with Gasteiger partial charge in [0, 0.05) is 11.7 Å². The lowest BCUT2D eigenvalue weighted by molar-refractivity contribution is -0.137. The minimum absolute atomic E-state index is 0.289. The molecule has 21 heavy (non-hydrogen) atoms. The highest BCUT2D eigenvalue weighted by atomic mass is 19.4. The predicted molar refractivity (Wildman–Crippen MR) is 80.3 cm³/mol. The van der Waals surface area contributed by atoms with Crippen LogP contribution in [0.25, 0.3) is 0 Å². The van der Waals surface area contributed by atoms with Crippen molar-refractivity contribution in [1.82, 2.24) is 0 Å². The van der Waals surface area contributed by atoms with E-state index >= 15 is 0 Å². The maximum absolute atomic E-state index is 12.7. The Morgan fingerprint density at radius 3 is 2.52 bits per heavy atom. The molecule has 118 valence electrons. The molecule has 0 spiro atoms. The van der Waals surface area contributed by atoms with Crippen LogP contribution in [-0.2, 0) is 6.18 Å². The van der Waals surface area contributed by atoms with Gasteiger partial charge >= 0.3 is 6.18 Å². The van der Waals surface area contributed by atoms with Crippen LogP contribution in [0.3, 0.4) is 0 Å². The number of hydrogen-bond acceptors (Lipinski definition) is 1. The monoisotopic (exact) mass is 299 g/mol. The van der Waals surface area contributed by atoms with Crippen molar-refractivity contribution in [3.05, 3.63) is 29.8 Å². The third-order valence-electron chi connectivity index (χ3n) is 4.52. The van der Waals surface area contributed by atoms with E-state index in [4.69, 9.17) is 0 Å². The Bertz CT molecular complexity index is 454. The van der Waals surface area contributed by atoms with Crippen LogP contribution in [0.4, 0.5) is 18.9 Å². The number of benzene rings is 1. The van der Waals surface area contributed by atoms with E-state index in [-0.39, 0.29) is 6.04 Å². The summed E-state index contributed by atoms with van der Waals surface area (Å²) in [4.78, 5) is 0. The molecule has 1 aliphatic rings. The third kappa shape index (κ3) is 4.65. The normalized spacial score (nSPS) is 23.9. The lowest BCUT2D eigenvalue weighted by Crippen LogP contribution is -2.19. The van der Waals surface area contributed by atoms with Crippen molar-refractivity contribution in [2.45, 2.75) is 58.2 Å². The Morgan fingerprint density at radius 1 is 1.10 bits per heavy atom. The van der Waals surface area contributed by atoms with Gasteiger partial charge in [-0.2, -0.15) is 13.2 Å². The number of hydrogen-bond donors (Lipinski definition) is 1. The summed E-state index contributed by atoms with van der Waals surface area (Å²) in [5.41, 5.74) is -0.000925. The predicted octanol–water partition coefficient (Wildman–Crippen LogP) is 5.72. The molecule has 1 saturated carbocycles. The Labute approximate surface area is 124 Å². The Hall–Kier alpha value is -1.19. The quantitative estimate of drug-likeness (QED) is 0.704. The van der Waals surface area contributed by atoms with E-state index in [0.29, 0.717) is 11.6 Å². The fourth-order valence-electron chi connectivity index (χ4n) is 3.16. The molecule has 1 aromatic rings. The lowest BCUT2D eigenvalue weighted by Gasteiger charge is -2.20. The van der Waals surface area contributed by atoms with Gasteiger partial charge in [-0.1, -0.05) is 32.8 Å². The largest absolute Gasteiger partial charge is 0.416 e. The summed E-state index contributed by atoms with van der Waals surface area (Å²) in [5.74, 6) is 1.44. The molecule has 2 rings (SSSR count). The first kappa shape index (κ1) is 16.2. The van der Waals surface area contributed by atoms with Gasteiger partial charge in [-0.3, -0.25) is 0 Å². The van der Waals surface area contributed by atoms with Crippen molar-refractivity contribution in [1.29, 1.82) is 0 Å². The summed E-state index contributed by atoms with van der Waals surface area (Å²) >= 11 is 0. The van der Waals surface area contributed by atoms with Gasteiger partial charge in [-0.05, 0) is 49.3 Å². The molecule has 0 bridgehead atoms. The summed E-state index contributed by atoms with van der Waals surface area (Å²) in [6.45, 7) is 4.51. The van der Waals surface area contributed by atoms with E-state index in [2.05, 4.69) is 19.2 Å². The molecule has 0 aliphatic heterocycles. The van der Waals surface area contributed by atoms with Crippen molar-refractivity contribution in [2.75, 3.05) is 5.32 Å². The number of anilines is 1. The average Bonchev–Trinajstić information content (AvgIpc) is 2.64. The van der Waals surface area contributed by atoms with Gasteiger partial charge in [-0.15, -0.1) is 0 Å². The van der Waals surface area contributed by atoms with Crippen LogP contribution in [0.1, 0.15) is 51.5 Å². The Morgan fingerprint density at radius 2 is 1.86 bits per heavy atom. The number of halogens is 3. The minimum atomic E-state index is -4.27. The van der Waals surface area contributed by atoms with Gasteiger partial charge in [0.05, 0.1) is 5.56 Å². The zero-order valence-corrected chi connectivity index (χ0v) is 12.7. The minimum Gasteiger partial charge on any atom is -0.382 e. The fraction of sp³-hybridized carbons (Fsp3) is 0.647. The maximum atomic E-state index is 12.7. The van der Waals surface area contributed by atoms with Gasteiger partial charge in [0.2, 0.25) is 0 Å². The second-order valence-corrected chi connectivity index (χ2v) is 6.43. The summed E-state index contributed by atoms with van der Waals surface area (Å²) in [7, 11) is 0. The first-order chi connectivity index (χ1) is 9.86. The maximum Gasteiger partial charge on any atom is 0.416 e. The molecule has 1 N–H and O–H groups in total. The van der Waals surface area contributed by atoms with Crippen LogP contribution in [0.2, 0.25) is 0 Å². The molecule has 1 nitrogen and oxygen atoms in total. The number of alkyl halides is 3. The van der Waals surface area contributed by atoms with Gasteiger partial charge in [0.25, 0.3) is 0 Å².